The van der Waals surface area contributed by atoms with Gasteiger partial charge in [-0.05, 0) is 61.3 Å². The van der Waals surface area contributed by atoms with Gasteiger partial charge in [-0.1, -0.05) is 60.7 Å². The van der Waals surface area contributed by atoms with Crippen molar-refractivity contribution in [2.75, 3.05) is 24.2 Å². The Morgan fingerprint density at radius 2 is 1.57 bits per heavy atom. The predicted molar refractivity (Wildman–Crippen MR) is 158 cm³/mol. The first-order valence-corrected chi connectivity index (χ1v) is 14.9. The largest absolute Gasteiger partial charge is 0.456 e. The topological polar surface area (TPSA) is 82.8 Å². The molecule has 4 aromatic carbocycles. The van der Waals surface area contributed by atoms with Gasteiger partial charge in [0.2, 0.25) is 10.0 Å². The standard InChI is InChI=1S/C32H31FN2O4S/c1-34-32(36)30-27-20-26(23-13-7-4-8-14-23)28(21-29(27)39-31(30)24-15-17-25(33)18-16-24)35(40(2,37)38)19-9-12-22-10-5-3-6-11-22/h3-8,10-11,13-18,20-21,32,34,36H,9,12,19H2,1-2H3. The van der Waals surface area contributed by atoms with Crippen LogP contribution in [-0.2, 0) is 16.4 Å². The van der Waals surface area contributed by atoms with Crippen molar-refractivity contribution in [1.82, 2.24) is 5.32 Å². The second kappa shape index (κ2) is 11.6. The fourth-order valence-electron chi connectivity index (χ4n) is 4.97. The molecule has 0 radical (unpaired) electrons. The molecule has 1 atom stereocenters. The fraction of sp³-hybridized carbons (Fsp3) is 0.188. The number of sulfonamides is 1. The number of fused-ring (bicyclic) bond motifs is 1. The summed E-state index contributed by atoms with van der Waals surface area (Å²) < 4.78 is 47.7. The molecule has 8 heteroatoms. The highest BCUT2D eigenvalue weighted by Crippen LogP contribution is 2.43. The fourth-order valence-corrected chi connectivity index (χ4v) is 5.94. The number of hydrogen-bond acceptors (Lipinski definition) is 5. The molecular weight excluding hydrogens is 527 g/mol. The van der Waals surface area contributed by atoms with E-state index in [4.69, 9.17) is 4.42 Å². The van der Waals surface area contributed by atoms with Crippen LogP contribution in [0.3, 0.4) is 0 Å². The summed E-state index contributed by atoms with van der Waals surface area (Å²) in [5.74, 6) is -0.00785. The Morgan fingerprint density at radius 3 is 2.20 bits per heavy atom. The van der Waals surface area contributed by atoms with Crippen LogP contribution in [0.4, 0.5) is 10.1 Å². The lowest BCUT2D eigenvalue weighted by molar-refractivity contribution is 0.150. The van der Waals surface area contributed by atoms with Gasteiger partial charge in [-0.25, -0.2) is 12.8 Å². The highest BCUT2D eigenvalue weighted by atomic mass is 32.2. The lowest BCUT2D eigenvalue weighted by atomic mass is 9.98. The van der Waals surface area contributed by atoms with Crippen LogP contribution in [-0.4, -0.2) is 33.4 Å². The van der Waals surface area contributed by atoms with E-state index in [-0.39, 0.29) is 12.4 Å². The summed E-state index contributed by atoms with van der Waals surface area (Å²) in [7, 11) is -2.04. The van der Waals surface area contributed by atoms with Gasteiger partial charge in [0.1, 0.15) is 23.4 Å². The Kier molecular flexibility index (Phi) is 8.02. The average Bonchev–Trinajstić information content (AvgIpc) is 3.33. The SMILES string of the molecule is CNC(O)c1c(-c2ccc(F)cc2)oc2cc(N(CCCc3ccccc3)S(C)(=O)=O)c(-c3ccccc3)cc12. The number of furan rings is 1. The van der Waals surface area contributed by atoms with Crippen molar-refractivity contribution in [3.8, 4) is 22.5 Å². The lowest BCUT2D eigenvalue weighted by Gasteiger charge is -2.25. The van der Waals surface area contributed by atoms with E-state index in [1.165, 1.54) is 22.7 Å². The first-order chi connectivity index (χ1) is 19.3. The molecule has 0 saturated heterocycles. The molecule has 5 rings (SSSR count). The van der Waals surface area contributed by atoms with Crippen LogP contribution in [0.1, 0.15) is 23.8 Å². The Morgan fingerprint density at radius 1 is 0.925 bits per heavy atom. The molecule has 40 heavy (non-hydrogen) atoms. The molecule has 5 aromatic rings. The minimum atomic E-state index is -3.66. The van der Waals surface area contributed by atoms with E-state index >= 15 is 0 Å². The molecule has 1 unspecified atom stereocenters. The highest BCUT2D eigenvalue weighted by Gasteiger charge is 2.27. The van der Waals surface area contributed by atoms with Crippen LogP contribution in [0.5, 0.6) is 0 Å². The number of rotatable bonds is 10. The van der Waals surface area contributed by atoms with E-state index in [1.54, 1.807) is 25.2 Å². The number of aliphatic hydroxyl groups is 1. The van der Waals surface area contributed by atoms with Crippen LogP contribution in [0.25, 0.3) is 33.4 Å². The molecule has 0 bridgehead atoms. The Hall–Kier alpha value is -3.98. The zero-order chi connectivity index (χ0) is 28.3. The van der Waals surface area contributed by atoms with Gasteiger partial charge >= 0.3 is 0 Å². The van der Waals surface area contributed by atoms with Crippen molar-refractivity contribution in [2.45, 2.75) is 19.1 Å². The third-order valence-corrected chi connectivity index (χ3v) is 8.10. The van der Waals surface area contributed by atoms with Gasteiger partial charge in [0.25, 0.3) is 0 Å². The van der Waals surface area contributed by atoms with Crippen LogP contribution in [0, 0.1) is 5.82 Å². The Labute approximate surface area is 233 Å². The van der Waals surface area contributed by atoms with Gasteiger partial charge in [0, 0.05) is 34.7 Å². The third kappa shape index (κ3) is 5.79. The Balaban J connectivity index is 1.69. The van der Waals surface area contributed by atoms with Crippen LogP contribution >= 0.6 is 0 Å². The molecule has 0 saturated carbocycles. The molecule has 0 aliphatic rings. The summed E-state index contributed by atoms with van der Waals surface area (Å²) in [4.78, 5) is 0. The van der Waals surface area contributed by atoms with Crippen LogP contribution in [0.15, 0.2) is 101 Å². The van der Waals surface area contributed by atoms with Crippen molar-refractivity contribution in [3.05, 3.63) is 114 Å². The first kappa shape index (κ1) is 27.6. The van der Waals surface area contributed by atoms with Gasteiger partial charge in [0.15, 0.2) is 0 Å². The maximum absolute atomic E-state index is 13.7. The lowest BCUT2D eigenvalue weighted by Crippen LogP contribution is -2.31. The first-order valence-electron chi connectivity index (χ1n) is 13.0. The number of halogens is 1. The number of nitrogens with zero attached hydrogens (tertiary/aromatic N) is 1. The number of hydrogen-bond donors (Lipinski definition) is 2. The average molecular weight is 559 g/mol. The predicted octanol–water partition coefficient (Wildman–Crippen LogP) is 6.52. The maximum atomic E-state index is 13.7. The van der Waals surface area contributed by atoms with Crippen molar-refractivity contribution < 1.29 is 22.3 Å². The summed E-state index contributed by atoms with van der Waals surface area (Å²) in [5, 5.41) is 14.4. The summed E-state index contributed by atoms with van der Waals surface area (Å²) >= 11 is 0. The number of anilines is 1. The molecule has 0 fully saturated rings. The van der Waals surface area contributed by atoms with Crippen LogP contribution in [0.2, 0.25) is 0 Å². The summed E-state index contributed by atoms with van der Waals surface area (Å²) in [6, 6.07) is 28.9. The quantitative estimate of drug-likeness (QED) is 0.191. The van der Waals surface area contributed by atoms with E-state index < -0.39 is 16.3 Å². The van der Waals surface area contributed by atoms with Gasteiger partial charge in [-0.2, -0.15) is 0 Å². The van der Waals surface area contributed by atoms with Gasteiger partial charge < -0.3 is 9.52 Å². The molecule has 6 nitrogen and oxygen atoms in total. The summed E-state index contributed by atoms with van der Waals surface area (Å²) in [6.45, 7) is 0.274. The molecular formula is C32H31FN2O4S. The smallest absolute Gasteiger partial charge is 0.232 e. The maximum Gasteiger partial charge on any atom is 0.232 e. The summed E-state index contributed by atoms with van der Waals surface area (Å²) in [6.07, 6.45) is 1.47. The van der Waals surface area contributed by atoms with Crippen LogP contribution < -0.4 is 9.62 Å². The van der Waals surface area contributed by atoms with Crippen molar-refractivity contribution >= 4 is 26.7 Å². The molecule has 206 valence electrons. The summed E-state index contributed by atoms with van der Waals surface area (Å²) in [5.41, 5.74) is 4.62. The van der Waals surface area contributed by atoms with E-state index in [2.05, 4.69) is 5.32 Å². The Bertz CT molecular complexity index is 1700. The highest BCUT2D eigenvalue weighted by molar-refractivity contribution is 7.92. The van der Waals surface area contributed by atoms with E-state index in [0.717, 1.165) is 17.5 Å². The van der Waals surface area contributed by atoms with E-state index in [1.807, 2.05) is 66.7 Å². The van der Waals surface area contributed by atoms with Crippen molar-refractivity contribution in [1.29, 1.82) is 0 Å². The molecule has 0 amide bonds. The van der Waals surface area contributed by atoms with Gasteiger partial charge in [-0.3, -0.25) is 9.62 Å². The number of aryl methyl sites for hydroxylation is 1. The number of benzene rings is 4. The molecule has 2 N–H and O–H groups in total. The second-order valence-corrected chi connectivity index (χ2v) is 11.6. The minimum Gasteiger partial charge on any atom is -0.456 e. The van der Waals surface area contributed by atoms with Crippen molar-refractivity contribution in [3.63, 3.8) is 0 Å². The zero-order valence-corrected chi connectivity index (χ0v) is 23.2. The number of nitrogens with one attached hydrogen (secondary N) is 1. The van der Waals surface area contributed by atoms with Gasteiger partial charge in [-0.15, -0.1) is 0 Å². The molecule has 1 heterocycles. The monoisotopic (exact) mass is 558 g/mol. The molecule has 0 spiro atoms. The molecule has 0 aliphatic heterocycles. The van der Waals surface area contributed by atoms with Gasteiger partial charge in [0.05, 0.1) is 11.9 Å². The molecule has 1 aromatic heterocycles. The second-order valence-electron chi connectivity index (χ2n) is 9.70. The van der Waals surface area contributed by atoms with E-state index in [0.29, 0.717) is 45.5 Å². The third-order valence-electron chi connectivity index (χ3n) is 6.92. The number of aliphatic hydroxyl groups excluding tert-OH is 1. The molecule has 0 aliphatic carbocycles. The van der Waals surface area contributed by atoms with E-state index in [9.17, 15) is 17.9 Å². The normalized spacial score (nSPS) is 12.5. The minimum absolute atomic E-state index is 0.274. The van der Waals surface area contributed by atoms with Crippen molar-refractivity contribution in [2.24, 2.45) is 0 Å². The zero-order valence-electron chi connectivity index (χ0n) is 22.3.